The Bertz CT molecular complexity index is 1920. The van der Waals surface area contributed by atoms with E-state index in [-0.39, 0.29) is 11.1 Å². The third-order valence-corrected chi connectivity index (χ3v) is 13.5. The topological polar surface area (TPSA) is 109 Å². The number of carbonyl (C=O) groups is 1. The molecule has 4 heterocycles. The average Bonchev–Trinajstić information content (AvgIpc) is 3.67. The van der Waals surface area contributed by atoms with E-state index in [0.29, 0.717) is 12.4 Å². The molecule has 1 aromatic carbocycles. The Balaban J connectivity index is 1.57. The van der Waals surface area contributed by atoms with Gasteiger partial charge in [-0.05, 0) is 87.8 Å². The lowest BCUT2D eigenvalue weighted by molar-refractivity contribution is 0.0499. The van der Waals surface area contributed by atoms with E-state index < -0.39 is 20.0 Å². The maximum Gasteiger partial charge on any atom is 0.408 e. The normalized spacial score (nSPS) is 13.1. The molecule has 5 rings (SSSR count). The molecule has 0 bridgehead atoms. The molecule has 0 spiro atoms. The summed E-state index contributed by atoms with van der Waals surface area (Å²) in [6, 6.07) is 17.8. The van der Waals surface area contributed by atoms with Gasteiger partial charge in [0.25, 0.3) is 0 Å². The van der Waals surface area contributed by atoms with E-state index in [0.717, 1.165) is 64.1 Å². The predicted octanol–water partition coefficient (Wildman–Crippen LogP) is 9.16. The van der Waals surface area contributed by atoms with E-state index in [9.17, 15) is 4.79 Å². The van der Waals surface area contributed by atoms with Crippen LogP contribution in [0.2, 0.25) is 18.1 Å². The first-order chi connectivity index (χ1) is 23.0. The zero-order chi connectivity index (χ0) is 35.6. The van der Waals surface area contributed by atoms with Gasteiger partial charge >= 0.3 is 6.09 Å². The van der Waals surface area contributed by atoms with Gasteiger partial charge in [-0.1, -0.05) is 52.7 Å². The molecule has 5 aromatic rings. The Morgan fingerprint density at radius 2 is 1.73 bits per heavy atom. The Morgan fingerprint density at radius 1 is 0.980 bits per heavy atom. The summed E-state index contributed by atoms with van der Waals surface area (Å²) in [5, 5.41) is 13.7. The standard InChI is InChI=1S/C38H51N7O3Si/c1-11-12-16-33(42-36(46)48-37(2,3)4)32-18-14-17-30(41-32)26-22-28(31-20-21-44(8)43-31)29-24-39-45(34(29)23-26)35-19-13-15-27(40-35)25-47-49(9,10)38(5,6)7/h13-15,17-24,33H,11-12,16,25H2,1-10H3,(H,42,46)/t33-/m0/s1. The van der Waals surface area contributed by atoms with Crippen molar-refractivity contribution < 1.29 is 14.0 Å². The number of nitrogens with zero attached hydrogens (tertiary/aromatic N) is 6. The number of alkyl carbamates (subject to hydrolysis) is 1. The van der Waals surface area contributed by atoms with E-state index >= 15 is 0 Å². The molecule has 0 aliphatic rings. The summed E-state index contributed by atoms with van der Waals surface area (Å²) >= 11 is 0. The second kappa shape index (κ2) is 14.2. The van der Waals surface area contributed by atoms with Crippen molar-refractivity contribution in [3.05, 3.63) is 78.4 Å². The summed E-state index contributed by atoms with van der Waals surface area (Å²) in [6.07, 6.45) is 6.04. The van der Waals surface area contributed by atoms with Crippen molar-refractivity contribution in [2.75, 3.05) is 0 Å². The smallest absolute Gasteiger partial charge is 0.408 e. The minimum Gasteiger partial charge on any atom is -0.444 e. The van der Waals surface area contributed by atoms with Crippen molar-refractivity contribution in [2.45, 2.75) is 104 Å². The highest BCUT2D eigenvalue weighted by molar-refractivity contribution is 6.74. The van der Waals surface area contributed by atoms with E-state index in [2.05, 4.69) is 58.2 Å². The van der Waals surface area contributed by atoms with Crippen LogP contribution in [0.1, 0.15) is 85.2 Å². The highest BCUT2D eigenvalue weighted by Crippen LogP contribution is 2.37. The fourth-order valence-corrected chi connectivity index (χ4v) is 6.26. The number of nitrogens with one attached hydrogen (secondary N) is 1. The van der Waals surface area contributed by atoms with Crippen LogP contribution in [-0.2, 0) is 22.8 Å². The van der Waals surface area contributed by atoms with E-state index in [1.807, 2.05) is 87.4 Å². The fraction of sp³-hybridized carbons (Fsp3) is 0.447. The largest absolute Gasteiger partial charge is 0.444 e. The minimum absolute atomic E-state index is 0.105. The van der Waals surface area contributed by atoms with E-state index in [1.165, 1.54) is 0 Å². The SMILES string of the molecule is CCCC[C@H](NC(=O)OC(C)(C)C)c1cccc(-c2cc(-c3ccn(C)n3)c3cnn(-c4cccc(CO[Si](C)(C)C(C)(C)C)n4)c3c2)n1. The van der Waals surface area contributed by atoms with Gasteiger partial charge in [-0.15, -0.1) is 0 Å². The van der Waals surface area contributed by atoms with Gasteiger partial charge in [0.05, 0.1) is 47.1 Å². The van der Waals surface area contributed by atoms with Crippen molar-refractivity contribution >= 4 is 25.3 Å². The Morgan fingerprint density at radius 3 is 2.41 bits per heavy atom. The molecule has 1 atom stereocenters. The van der Waals surface area contributed by atoms with Gasteiger partial charge in [0.15, 0.2) is 14.1 Å². The predicted molar refractivity (Wildman–Crippen MR) is 198 cm³/mol. The number of benzene rings is 1. The highest BCUT2D eigenvalue weighted by atomic mass is 28.4. The number of aryl methyl sites for hydroxylation is 1. The van der Waals surface area contributed by atoms with Crippen LogP contribution in [0.25, 0.3) is 39.2 Å². The van der Waals surface area contributed by atoms with Crippen LogP contribution >= 0.6 is 0 Å². The Kier molecular flexibility index (Phi) is 10.4. The molecule has 0 saturated carbocycles. The van der Waals surface area contributed by atoms with Crippen molar-refractivity contribution in [1.29, 1.82) is 0 Å². The first kappa shape index (κ1) is 35.9. The van der Waals surface area contributed by atoms with Crippen molar-refractivity contribution in [3.8, 4) is 28.3 Å². The summed E-state index contributed by atoms with van der Waals surface area (Å²) in [5.74, 6) is 0.707. The maximum absolute atomic E-state index is 12.8. The Hall–Kier alpha value is -4.35. The van der Waals surface area contributed by atoms with E-state index in [1.54, 1.807) is 4.68 Å². The quantitative estimate of drug-likeness (QED) is 0.139. The molecule has 0 aliphatic carbocycles. The molecule has 0 radical (unpaired) electrons. The summed E-state index contributed by atoms with van der Waals surface area (Å²) < 4.78 is 15.8. The Labute approximate surface area is 291 Å². The molecule has 260 valence electrons. The molecule has 0 aliphatic heterocycles. The number of hydrogen-bond acceptors (Lipinski definition) is 7. The molecule has 11 heteroatoms. The maximum atomic E-state index is 12.8. The molecule has 49 heavy (non-hydrogen) atoms. The average molecular weight is 682 g/mol. The summed E-state index contributed by atoms with van der Waals surface area (Å²) in [4.78, 5) is 22.9. The lowest BCUT2D eigenvalue weighted by Crippen LogP contribution is -2.40. The van der Waals surface area contributed by atoms with Gasteiger partial charge in [0.2, 0.25) is 0 Å². The summed E-state index contributed by atoms with van der Waals surface area (Å²) in [7, 11) is -0.0408. The van der Waals surface area contributed by atoms with Crippen molar-refractivity contribution in [1.82, 2.24) is 34.8 Å². The lowest BCUT2D eigenvalue weighted by Gasteiger charge is -2.36. The molecular weight excluding hydrogens is 631 g/mol. The molecule has 0 saturated heterocycles. The zero-order valence-electron chi connectivity index (χ0n) is 30.7. The van der Waals surface area contributed by atoms with Crippen LogP contribution in [0.3, 0.4) is 0 Å². The van der Waals surface area contributed by atoms with Gasteiger partial charge in [0, 0.05) is 29.8 Å². The number of amides is 1. The van der Waals surface area contributed by atoms with Crippen molar-refractivity contribution in [2.24, 2.45) is 7.05 Å². The number of pyridine rings is 2. The third-order valence-electron chi connectivity index (χ3n) is 9.04. The van der Waals surface area contributed by atoms with Crippen LogP contribution in [0, 0.1) is 0 Å². The van der Waals surface area contributed by atoms with Crippen LogP contribution < -0.4 is 5.32 Å². The van der Waals surface area contributed by atoms with Crippen LogP contribution in [0.4, 0.5) is 4.79 Å². The zero-order valence-corrected chi connectivity index (χ0v) is 31.7. The second-order valence-corrected chi connectivity index (χ2v) is 20.0. The second-order valence-electron chi connectivity index (χ2n) is 15.2. The molecule has 0 unspecified atom stereocenters. The molecule has 1 N–H and O–H groups in total. The number of aromatic nitrogens is 6. The molecule has 1 amide bonds. The molecular formula is C38H51N7O3Si. The monoisotopic (exact) mass is 681 g/mol. The first-order valence-electron chi connectivity index (χ1n) is 17.1. The highest BCUT2D eigenvalue weighted by Gasteiger charge is 2.37. The molecule has 0 fully saturated rings. The molecule has 10 nitrogen and oxygen atoms in total. The lowest BCUT2D eigenvalue weighted by atomic mass is 10.00. The van der Waals surface area contributed by atoms with E-state index in [4.69, 9.17) is 29.3 Å². The van der Waals surface area contributed by atoms with Crippen LogP contribution in [0.15, 0.2) is 67.0 Å². The fourth-order valence-electron chi connectivity index (χ4n) is 5.32. The first-order valence-corrected chi connectivity index (χ1v) is 20.0. The van der Waals surface area contributed by atoms with Crippen LogP contribution in [-0.4, -0.2) is 49.5 Å². The number of ether oxygens (including phenoxy) is 1. The number of fused-ring (bicyclic) bond motifs is 1. The minimum atomic E-state index is -1.95. The number of rotatable bonds is 11. The number of unbranched alkanes of at least 4 members (excludes halogenated alkanes) is 1. The van der Waals surface area contributed by atoms with Gasteiger partial charge in [-0.25, -0.2) is 14.5 Å². The number of hydrogen-bond donors (Lipinski definition) is 1. The summed E-state index contributed by atoms with van der Waals surface area (Å²) in [5.41, 5.74) is 5.39. The molecule has 4 aromatic heterocycles. The summed E-state index contributed by atoms with van der Waals surface area (Å²) in [6.45, 7) is 19.4. The van der Waals surface area contributed by atoms with Gasteiger partial charge in [-0.2, -0.15) is 10.2 Å². The third kappa shape index (κ3) is 8.63. The van der Waals surface area contributed by atoms with Crippen LogP contribution in [0.5, 0.6) is 0 Å². The van der Waals surface area contributed by atoms with Gasteiger partial charge < -0.3 is 14.5 Å². The van der Waals surface area contributed by atoms with Gasteiger partial charge in [-0.3, -0.25) is 9.67 Å². The number of carbonyl (C=O) groups excluding carboxylic acids is 1. The van der Waals surface area contributed by atoms with Gasteiger partial charge in [0.1, 0.15) is 5.60 Å². The van der Waals surface area contributed by atoms with Crippen molar-refractivity contribution in [3.63, 3.8) is 0 Å².